The zero-order valence-electron chi connectivity index (χ0n) is 13.2. The van der Waals surface area contributed by atoms with E-state index in [1.807, 2.05) is 11.8 Å². The molecule has 1 heterocycles. The molecule has 116 valence electrons. The molecule has 20 heavy (non-hydrogen) atoms. The van der Waals surface area contributed by atoms with Crippen LogP contribution in [0.25, 0.3) is 0 Å². The summed E-state index contributed by atoms with van der Waals surface area (Å²) >= 11 is 0. The molecule has 0 spiro atoms. The van der Waals surface area contributed by atoms with Gasteiger partial charge >= 0.3 is 6.03 Å². The highest BCUT2D eigenvalue weighted by Gasteiger charge is 2.24. The minimum atomic E-state index is -0.460. The van der Waals surface area contributed by atoms with Gasteiger partial charge < -0.3 is 15.5 Å². The van der Waals surface area contributed by atoms with E-state index in [2.05, 4.69) is 24.5 Å². The molecule has 5 nitrogen and oxygen atoms in total. The lowest BCUT2D eigenvalue weighted by molar-refractivity contribution is -0.133. The molecule has 0 bridgehead atoms. The zero-order valence-corrected chi connectivity index (χ0v) is 13.2. The van der Waals surface area contributed by atoms with Crippen LogP contribution < -0.4 is 10.6 Å². The summed E-state index contributed by atoms with van der Waals surface area (Å²) in [5, 5.41) is 5.69. The fourth-order valence-electron chi connectivity index (χ4n) is 2.60. The molecular formula is C15H29N3O2. The lowest BCUT2D eigenvalue weighted by Gasteiger charge is -2.30. The predicted molar refractivity (Wildman–Crippen MR) is 80.5 cm³/mol. The molecule has 0 aliphatic carbocycles. The van der Waals surface area contributed by atoms with Gasteiger partial charge in [0.15, 0.2) is 0 Å². The van der Waals surface area contributed by atoms with Crippen molar-refractivity contribution in [2.24, 2.45) is 5.92 Å². The van der Waals surface area contributed by atoms with Crippen molar-refractivity contribution in [3.63, 3.8) is 0 Å². The summed E-state index contributed by atoms with van der Waals surface area (Å²) in [4.78, 5) is 26.0. The molecule has 3 amide bonds. The average molecular weight is 283 g/mol. The summed E-state index contributed by atoms with van der Waals surface area (Å²) < 4.78 is 0. The number of hydrogen-bond donors (Lipinski definition) is 2. The number of carbonyl (C=O) groups excluding carboxylic acids is 2. The molecule has 1 aliphatic rings. The van der Waals surface area contributed by atoms with Gasteiger partial charge in [0.05, 0.1) is 0 Å². The molecule has 0 unspecified atom stereocenters. The van der Waals surface area contributed by atoms with Gasteiger partial charge in [0.25, 0.3) is 0 Å². The van der Waals surface area contributed by atoms with Crippen LogP contribution in [0, 0.1) is 5.92 Å². The molecule has 0 aromatic heterocycles. The van der Waals surface area contributed by atoms with Gasteiger partial charge in [0, 0.05) is 19.1 Å². The Bertz CT molecular complexity index is 325. The number of hydrogen-bond acceptors (Lipinski definition) is 2. The standard InChI is InChI=1S/C15H29N3O2/c1-5-13(11(2)3)17-15(20)16-12(4)14(19)18-9-7-6-8-10-18/h11-13H,5-10H2,1-4H3,(H2,16,17,20)/t12-,13+/m0/s1. The minimum Gasteiger partial charge on any atom is -0.341 e. The van der Waals surface area contributed by atoms with Gasteiger partial charge in [-0.3, -0.25) is 4.79 Å². The van der Waals surface area contributed by atoms with Crippen LogP contribution in [0.3, 0.4) is 0 Å². The molecule has 1 fully saturated rings. The molecule has 1 saturated heterocycles. The largest absolute Gasteiger partial charge is 0.341 e. The van der Waals surface area contributed by atoms with Crippen LogP contribution >= 0.6 is 0 Å². The third-order valence-corrected chi connectivity index (χ3v) is 3.95. The normalized spacial score (nSPS) is 18.6. The van der Waals surface area contributed by atoms with Crippen LogP contribution in [0.1, 0.15) is 53.4 Å². The van der Waals surface area contributed by atoms with E-state index in [1.165, 1.54) is 6.42 Å². The van der Waals surface area contributed by atoms with Crippen molar-refractivity contribution in [1.82, 2.24) is 15.5 Å². The van der Waals surface area contributed by atoms with Crippen molar-refractivity contribution in [3.05, 3.63) is 0 Å². The third-order valence-electron chi connectivity index (χ3n) is 3.95. The molecule has 1 rings (SSSR count). The highest BCUT2D eigenvalue weighted by Crippen LogP contribution is 2.10. The van der Waals surface area contributed by atoms with Crippen LogP contribution in [0.2, 0.25) is 0 Å². The zero-order chi connectivity index (χ0) is 15.1. The number of likely N-dealkylation sites (tertiary alicyclic amines) is 1. The fourth-order valence-corrected chi connectivity index (χ4v) is 2.60. The monoisotopic (exact) mass is 283 g/mol. The van der Waals surface area contributed by atoms with E-state index in [4.69, 9.17) is 0 Å². The molecule has 2 atom stereocenters. The number of nitrogens with zero attached hydrogens (tertiary/aromatic N) is 1. The Labute approximate surface area is 122 Å². The van der Waals surface area contributed by atoms with Gasteiger partial charge in [-0.25, -0.2) is 4.79 Å². The Balaban J connectivity index is 2.41. The van der Waals surface area contributed by atoms with Gasteiger partial charge in [0.1, 0.15) is 6.04 Å². The molecule has 0 saturated carbocycles. The molecule has 2 N–H and O–H groups in total. The van der Waals surface area contributed by atoms with Crippen LogP contribution in [-0.4, -0.2) is 42.0 Å². The van der Waals surface area contributed by atoms with E-state index in [0.29, 0.717) is 5.92 Å². The van der Waals surface area contributed by atoms with Gasteiger partial charge in [-0.15, -0.1) is 0 Å². The number of carbonyl (C=O) groups is 2. The first-order valence-electron chi connectivity index (χ1n) is 7.81. The second kappa shape index (κ2) is 8.12. The SMILES string of the molecule is CC[C@@H](NC(=O)N[C@@H](C)C(=O)N1CCCCC1)C(C)C. The first kappa shape index (κ1) is 16.8. The number of amides is 3. The lowest BCUT2D eigenvalue weighted by Crippen LogP contribution is -2.53. The van der Waals surface area contributed by atoms with E-state index in [1.54, 1.807) is 6.92 Å². The summed E-state index contributed by atoms with van der Waals surface area (Å²) in [5.74, 6) is 0.413. The first-order valence-corrected chi connectivity index (χ1v) is 7.81. The van der Waals surface area contributed by atoms with Crippen molar-refractivity contribution in [3.8, 4) is 0 Å². The molecule has 0 aromatic carbocycles. The fraction of sp³-hybridized carbons (Fsp3) is 0.867. The number of nitrogens with one attached hydrogen (secondary N) is 2. The van der Waals surface area contributed by atoms with E-state index in [0.717, 1.165) is 32.4 Å². The number of urea groups is 1. The van der Waals surface area contributed by atoms with Crippen molar-refractivity contribution >= 4 is 11.9 Å². The number of rotatable bonds is 5. The van der Waals surface area contributed by atoms with Crippen LogP contribution in [0.5, 0.6) is 0 Å². The quantitative estimate of drug-likeness (QED) is 0.812. The van der Waals surface area contributed by atoms with E-state index in [9.17, 15) is 9.59 Å². The summed E-state index contributed by atoms with van der Waals surface area (Å²) in [5.41, 5.74) is 0. The molecule has 1 aliphatic heterocycles. The van der Waals surface area contributed by atoms with Crippen LogP contribution in [-0.2, 0) is 4.79 Å². The second-order valence-corrected chi connectivity index (χ2v) is 5.98. The number of piperidine rings is 1. The lowest BCUT2D eigenvalue weighted by atomic mass is 10.0. The van der Waals surface area contributed by atoms with Crippen LogP contribution in [0.4, 0.5) is 4.79 Å². The smallest absolute Gasteiger partial charge is 0.315 e. The van der Waals surface area contributed by atoms with Crippen molar-refractivity contribution in [2.45, 2.75) is 65.5 Å². The Morgan fingerprint density at radius 3 is 2.15 bits per heavy atom. The Kier molecular flexibility index (Phi) is 6.82. The molecule has 0 radical (unpaired) electrons. The minimum absolute atomic E-state index is 0.0254. The Morgan fingerprint density at radius 2 is 1.65 bits per heavy atom. The van der Waals surface area contributed by atoms with E-state index >= 15 is 0 Å². The van der Waals surface area contributed by atoms with E-state index < -0.39 is 6.04 Å². The second-order valence-electron chi connectivity index (χ2n) is 5.98. The Hall–Kier alpha value is -1.26. The maximum absolute atomic E-state index is 12.2. The summed E-state index contributed by atoms with van der Waals surface area (Å²) in [6, 6.07) is -0.562. The summed E-state index contributed by atoms with van der Waals surface area (Å²) in [6.45, 7) is 9.60. The van der Waals surface area contributed by atoms with Crippen molar-refractivity contribution in [2.75, 3.05) is 13.1 Å². The van der Waals surface area contributed by atoms with Gasteiger partial charge in [-0.05, 0) is 38.5 Å². The molecule has 0 aromatic rings. The van der Waals surface area contributed by atoms with Crippen molar-refractivity contribution < 1.29 is 9.59 Å². The van der Waals surface area contributed by atoms with Gasteiger partial charge in [0.2, 0.25) is 5.91 Å². The maximum atomic E-state index is 12.2. The molecule has 5 heteroatoms. The first-order chi connectivity index (χ1) is 9.45. The Morgan fingerprint density at radius 1 is 1.05 bits per heavy atom. The van der Waals surface area contributed by atoms with Gasteiger partial charge in [-0.1, -0.05) is 20.8 Å². The topological polar surface area (TPSA) is 61.4 Å². The highest BCUT2D eigenvalue weighted by atomic mass is 16.2. The third kappa shape index (κ3) is 5.02. The maximum Gasteiger partial charge on any atom is 0.315 e. The predicted octanol–water partition coefficient (Wildman–Crippen LogP) is 2.12. The summed E-state index contributed by atoms with van der Waals surface area (Å²) in [6.07, 6.45) is 4.21. The van der Waals surface area contributed by atoms with Crippen molar-refractivity contribution in [1.29, 1.82) is 0 Å². The van der Waals surface area contributed by atoms with Gasteiger partial charge in [-0.2, -0.15) is 0 Å². The highest BCUT2D eigenvalue weighted by molar-refractivity contribution is 5.86. The van der Waals surface area contributed by atoms with Crippen LogP contribution in [0.15, 0.2) is 0 Å². The molecular weight excluding hydrogens is 254 g/mol. The average Bonchev–Trinajstić information content (AvgIpc) is 2.44. The summed E-state index contributed by atoms with van der Waals surface area (Å²) in [7, 11) is 0. The van der Waals surface area contributed by atoms with E-state index in [-0.39, 0.29) is 18.0 Å².